The summed E-state index contributed by atoms with van der Waals surface area (Å²) in [5, 5.41) is 1.24. The van der Waals surface area contributed by atoms with Crippen LogP contribution in [0.15, 0.2) is 60.7 Å². The van der Waals surface area contributed by atoms with Crippen LogP contribution in [-0.2, 0) is 16.6 Å². The summed E-state index contributed by atoms with van der Waals surface area (Å²) in [7, 11) is -1.41. The van der Waals surface area contributed by atoms with Gasteiger partial charge in [0.15, 0.2) is 0 Å². The maximum absolute atomic E-state index is 13.8. The van der Waals surface area contributed by atoms with E-state index in [0.717, 1.165) is 63.4 Å². The number of hydrogen-bond acceptors (Lipinski definition) is 6. The predicted octanol–water partition coefficient (Wildman–Crippen LogP) is 15.0. The molecule has 0 fully saturated rings. The van der Waals surface area contributed by atoms with Gasteiger partial charge in [-0.15, -0.1) is 0 Å². The van der Waals surface area contributed by atoms with Crippen LogP contribution in [0, 0.1) is 0 Å². The fourth-order valence-electron chi connectivity index (χ4n) is 6.30. The summed E-state index contributed by atoms with van der Waals surface area (Å²) in [4.78, 5) is 13.8. The highest BCUT2D eigenvalue weighted by atomic mass is 32.2. The van der Waals surface area contributed by atoms with Gasteiger partial charge in [-0.3, -0.25) is 4.79 Å². The summed E-state index contributed by atoms with van der Waals surface area (Å²) >= 11 is 4.88. The number of carbonyl (C=O) groups is 1. The topological polar surface area (TPSA) is 38.8 Å². The molecule has 0 saturated heterocycles. The second kappa shape index (κ2) is 21.3. The molecule has 1 aliphatic heterocycles. The maximum atomic E-state index is 13.8. The molecule has 0 aromatic heterocycles. The van der Waals surface area contributed by atoms with E-state index in [1.54, 1.807) is 23.9 Å². The molecule has 0 N–H and O–H groups in total. The monoisotopic (exact) mass is 781 g/mol. The lowest BCUT2D eigenvalue weighted by Crippen LogP contribution is -2.23. The Labute approximate surface area is 330 Å². The fourth-order valence-corrected chi connectivity index (χ4v) is 11.0. The number of thioether (sulfide) groups is 1. The highest BCUT2D eigenvalue weighted by Crippen LogP contribution is 2.53. The van der Waals surface area contributed by atoms with E-state index in [0.29, 0.717) is 5.75 Å². The highest BCUT2D eigenvalue weighted by molar-refractivity contribution is 8.19. The third-order valence-corrected chi connectivity index (χ3v) is 14.3. The van der Waals surface area contributed by atoms with Crippen molar-refractivity contribution in [3.8, 4) is 22.6 Å². The summed E-state index contributed by atoms with van der Waals surface area (Å²) in [6, 6.07) is 21.3. The third kappa shape index (κ3) is 12.9. The van der Waals surface area contributed by atoms with Crippen LogP contribution in [0.3, 0.4) is 0 Å². The fraction of sp³-hybridized carbons (Fsp3) is 0.568. The second-order valence-electron chi connectivity index (χ2n) is 16.0. The molecule has 4 nitrogen and oxygen atoms in total. The van der Waals surface area contributed by atoms with Crippen molar-refractivity contribution in [3.05, 3.63) is 77.4 Å². The average Bonchev–Trinajstić information content (AvgIpc) is 3.11. The molecule has 0 spiro atoms. The molecule has 1 aliphatic rings. The summed E-state index contributed by atoms with van der Waals surface area (Å²) in [6.07, 6.45) is 15.2. The lowest BCUT2D eigenvalue weighted by molar-refractivity contribution is 0.259. The van der Waals surface area contributed by atoms with E-state index in [-0.39, 0.29) is 16.1 Å². The van der Waals surface area contributed by atoms with Crippen LogP contribution in [0.4, 0.5) is 4.79 Å². The van der Waals surface area contributed by atoms with Gasteiger partial charge < -0.3 is 9.05 Å². The SMILES string of the molecule is CCCCCCCCSN(SCCCCCCCC)C(=O)SCc1cc(C(C)(C)C)c(OP2Oc3ccccc3-c3ccccc32)c(C(C)(C)C)c1. The minimum absolute atomic E-state index is 0.149. The van der Waals surface area contributed by atoms with Crippen molar-refractivity contribution in [2.24, 2.45) is 0 Å². The first-order valence-electron chi connectivity index (χ1n) is 19.7. The van der Waals surface area contributed by atoms with Gasteiger partial charge in [-0.25, -0.2) is 3.71 Å². The lowest BCUT2D eigenvalue weighted by Gasteiger charge is -2.34. The Morgan fingerprint density at radius 3 is 1.75 bits per heavy atom. The van der Waals surface area contributed by atoms with E-state index in [1.165, 1.54) is 81.5 Å². The predicted molar refractivity (Wildman–Crippen MR) is 234 cm³/mol. The van der Waals surface area contributed by atoms with Crippen LogP contribution >= 0.6 is 44.0 Å². The summed E-state index contributed by atoms with van der Waals surface area (Å²) in [6.45, 7) is 18.0. The van der Waals surface area contributed by atoms with Gasteiger partial charge in [0.05, 0.1) is 5.30 Å². The smallest absolute Gasteiger partial charge is 0.326 e. The van der Waals surface area contributed by atoms with Crippen LogP contribution < -0.4 is 14.4 Å². The minimum Gasteiger partial charge on any atom is -0.435 e. The number of unbranched alkanes of at least 4 members (excludes halogenated alkanes) is 10. The van der Waals surface area contributed by atoms with Gasteiger partial charge in [0, 0.05) is 33.9 Å². The van der Waals surface area contributed by atoms with Gasteiger partial charge in [-0.05, 0) is 70.8 Å². The first-order chi connectivity index (χ1) is 24.9. The number of amides is 1. The quantitative estimate of drug-likeness (QED) is 0.0646. The molecule has 4 rings (SSSR count). The third-order valence-electron chi connectivity index (χ3n) is 9.32. The molecule has 52 heavy (non-hydrogen) atoms. The van der Waals surface area contributed by atoms with Crippen LogP contribution in [0.5, 0.6) is 11.5 Å². The highest BCUT2D eigenvalue weighted by Gasteiger charge is 2.34. The van der Waals surface area contributed by atoms with Crippen molar-refractivity contribution >= 4 is 54.6 Å². The van der Waals surface area contributed by atoms with Crippen LogP contribution in [0.25, 0.3) is 11.1 Å². The summed E-state index contributed by atoms with van der Waals surface area (Å²) < 4.78 is 15.7. The Balaban J connectivity index is 1.52. The number of rotatable bonds is 20. The zero-order valence-corrected chi connectivity index (χ0v) is 36.6. The van der Waals surface area contributed by atoms with Crippen LogP contribution in [0.2, 0.25) is 0 Å². The number of benzene rings is 3. The van der Waals surface area contributed by atoms with Crippen molar-refractivity contribution in [2.75, 3.05) is 11.5 Å². The number of carbonyl (C=O) groups excluding carboxylic acids is 1. The molecule has 8 heteroatoms. The van der Waals surface area contributed by atoms with E-state index in [4.69, 9.17) is 9.05 Å². The van der Waals surface area contributed by atoms with Gasteiger partial charge in [0.2, 0.25) is 0 Å². The van der Waals surface area contributed by atoms with Gasteiger partial charge in [-0.2, -0.15) is 0 Å². The van der Waals surface area contributed by atoms with E-state index < -0.39 is 8.38 Å². The Morgan fingerprint density at radius 1 is 0.692 bits per heavy atom. The summed E-state index contributed by atoms with van der Waals surface area (Å²) in [5.41, 5.74) is 5.36. The Hall–Kier alpha value is -1.79. The minimum atomic E-state index is -1.41. The Kier molecular flexibility index (Phi) is 17.6. The van der Waals surface area contributed by atoms with Gasteiger partial charge in [0.25, 0.3) is 0 Å². The van der Waals surface area contributed by atoms with Crippen molar-refractivity contribution < 1.29 is 13.8 Å². The summed E-state index contributed by atoms with van der Waals surface area (Å²) in [5.74, 6) is 4.38. The van der Waals surface area contributed by atoms with E-state index in [1.807, 2.05) is 15.8 Å². The van der Waals surface area contributed by atoms with Gasteiger partial charge in [-0.1, -0.05) is 180 Å². The second-order valence-corrected chi connectivity index (χ2v) is 20.6. The molecular weight excluding hydrogens is 718 g/mol. The standard InChI is InChI=1S/C44H64NO3PS3/c1-9-11-13-15-17-23-29-51-45(52-30-24-18-16-14-12-10-2)42(46)50-33-34-31-37(43(3,4)5)41(38(32-34)44(6,7)8)48-49-40-28-22-20-26-36(40)35-25-19-21-27-39(35)47-49/h19-22,25-28,31-32H,9-18,23-24,29-30,33H2,1-8H3. The molecular formula is C44H64NO3PS3. The molecule has 0 radical (unpaired) electrons. The number of nitrogens with zero attached hydrogens (tertiary/aromatic N) is 1. The van der Waals surface area contributed by atoms with Gasteiger partial charge in [0.1, 0.15) is 11.5 Å². The van der Waals surface area contributed by atoms with Gasteiger partial charge >= 0.3 is 13.6 Å². The molecule has 0 aliphatic carbocycles. The molecule has 0 saturated carbocycles. The van der Waals surface area contributed by atoms with E-state index in [9.17, 15) is 4.79 Å². The first-order valence-corrected chi connectivity index (χ1v) is 23.7. The van der Waals surface area contributed by atoms with Crippen molar-refractivity contribution in [1.82, 2.24) is 3.71 Å². The molecule has 3 aromatic carbocycles. The number of hydrogen-bond donors (Lipinski definition) is 0. The van der Waals surface area contributed by atoms with Crippen LogP contribution in [-0.4, -0.2) is 20.5 Å². The van der Waals surface area contributed by atoms with Crippen molar-refractivity contribution in [1.29, 1.82) is 0 Å². The van der Waals surface area contributed by atoms with Crippen LogP contribution in [0.1, 0.15) is 149 Å². The molecule has 0 bridgehead atoms. The van der Waals surface area contributed by atoms with Crippen molar-refractivity contribution in [2.45, 2.75) is 149 Å². The molecule has 1 atom stereocenters. The largest absolute Gasteiger partial charge is 0.435 e. The molecule has 286 valence electrons. The number of fused-ring (bicyclic) bond motifs is 3. The molecule has 3 aromatic rings. The molecule has 1 amide bonds. The zero-order chi connectivity index (χ0) is 37.6. The lowest BCUT2D eigenvalue weighted by atomic mass is 9.78. The number of para-hydroxylation sites is 1. The van der Waals surface area contributed by atoms with E-state index in [2.05, 4.69) is 104 Å². The average molecular weight is 782 g/mol. The molecule has 1 heterocycles. The van der Waals surface area contributed by atoms with Crippen molar-refractivity contribution in [3.63, 3.8) is 0 Å². The normalized spacial score (nSPS) is 14.0. The first kappa shape index (κ1) is 42.9. The Morgan fingerprint density at radius 2 is 1.19 bits per heavy atom. The zero-order valence-electron chi connectivity index (χ0n) is 33.2. The maximum Gasteiger partial charge on any atom is 0.326 e. The Bertz CT molecular complexity index is 1500. The molecule has 1 unspecified atom stereocenters. The van der Waals surface area contributed by atoms with E-state index >= 15 is 0 Å².